The van der Waals surface area contributed by atoms with E-state index in [9.17, 15) is 18.4 Å². The molecule has 2 aromatic carbocycles. The van der Waals surface area contributed by atoms with Gasteiger partial charge < -0.3 is 10.1 Å². The normalized spacial score (nSPS) is 10.3. The maximum atomic E-state index is 13.6. The number of carbonyl (C=O) groups excluding carboxylic acids is 2. The Labute approximate surface area is 143 Å². The summed E-state index contributed by atoms with van der Waals surface area (Å²) in [5, 5.41) is 2.13. The Kier molecular flexibility index (Phi) is 5.68. The number of carbonyl (C=O) groups is 2. The summed E-state index contributed by atoms with van der Waals surface area (Å²) in [6, 6.07) is 7.22. The molecule has 0 heterocycles. The van der Waals surface area contributed by atoms with Gasteiger partial charge in [0.05, 0.1) is 16.3 Å². The van der Waals surface area contributed by atoms with Gasteiger partial charge in [-0.15, -0.1) is 0 Å². The van der Waals surface area contributed by atoms with Gasteiger partial charge in [-0.05, 0) is 36.4 Å². The minimum absolute atomic E-state index is 0.0472. The number of hydrogen-bond donors (Lipinski definition) is 1. The van der Waals surface area contributed by atoms with Crippen LogP contribution in [-0.4, -0.2) is 18.5 Å². The number of nitrogens with one attached hydrogen (secondary N) is 1. The highest BCUT2D eigenvalue weighted by Gasteiger charge is 2.15. The molecule has 4 nitrogen and oxygen atoms in total. The number of ether oxygens (including phenoxy) is 1. The van der Waals surface area contributed by atoms with Crippen molar-refractivity contribution in [1.29, 1.82) is 0 Å². The Morgan fingerprint density at radius 3 is 2.57 bits per heavy atom. The van der Waals surface area contributed by atoms with Crippen LogP contribution in [0.1, 0.15) is 10.4 Å². The molecule has 0 saturated carbocycles. The van der Waals surface area contributed by atoms with Crippen molar-refractivity contribution in [3.63, 3.8) is 0 Å². The molecule has 2 rings (SSSR count). The third-order valence-corrected chi connectivity index (χ3v) is 3.50. The number of hydrogen-bond acceptors (Lipinski definition) is 3. The van der Waals surface area contributed by atoms with Crippen molar-refractivity contribution in [3.05, 3.63) is 63.1 Å². The summed E-state index contributed by atoms with van der Waals surface area (Å²) in [5.74, 6) is -2.85. The van der Waals surface area contributed by atoms with E-state index in [1.165, 1.54) is 12.1 Å². The lowest BCUT2D eigenvalue weighted by atomic mass is 10.2. The van der Waals surface area contributed by atoms with Gasteiger partial charge in [-0.3, -0.25) is 4.79 Å². The topological polar surface area (TPSA) is 55.4 Å². The first-order valence-corrected chi connectivity index (χ1v) is 7.41. The van der Waals surface area contributed by atoms with Crippen LogP contribution in [0.15, 0.2) is 40.9 Å². The van der Waals surface area contributed by atoms with Gasteiger partial charge >= 0.3 is 5.97 Å². The maximum Gasteiger partial charge on any atom is 0.340 e. The lowest BCUT2D eigenvalue weighted by Gasteiger charge is -2.08. The predicted octanol–water partition coefficient (Wildman–Crippen LogP) is 4.18. The Balaban J connectivity index is 1.94. The Hall–Kier alpha value is -1.99. The molecule has 1 N–H and O–H groups in total. The van der Waals surface area contributed by atoms with E-state index in [-0.39, 0.29) is 16.3 Å². The van der Waals surface area contributed by atoms with Crippen LogP contribution in [0.3, 0.4) is 0 Å². The Morgan fingerprint density at radius 1 is 1.17 bits per heavy atom. The molecular weight excluding hydrogens is 396 g/mol. The molecule has 0 bridgehead atoms. The zero-order valence-corrected chi connectivity index (χ0v) is 13.7. The summed E-state index contributed by atoms with van der Waals surface area (Å²) < 4.78 is 31.7. The van der Waals surface area contributed by atoms with E-state index in [2.05, 4.69) is 21.2 Å². The average Bonchev–Trinajstić information content (AvgIpc) is 2.48. The van der Waals surface area contributed by atoms with Crippen molar-refractivity contribution >= 4 is 45.1 Å². The van der Waals surface area contributed by atoms with Crippen LogP contribution < -0.4 is 5.32 Å². The zero-order valence-electron chi connectivity index (χ0n) is 11.4. The van der Waals surface area contributed by atoms with Gasteiger partial charge in [-0.2, -0.15) is 0 Å². The second-order valence-corrected chi connectivity index (χ2v) is 5.70. The molecule has 23 heavy (non-hydrogen) atoms. The van der Waals surface area contributed by atoms with Gasteiger partial charge in [-0.25, -0.2) is 13.6 Å². The first kappa shape index (κ1) is 17.4. The Bertz CT molecular complexity index is 770. The fourth-order valence-corrected chi connectivity index (χ4v) is 2.22. The molecule has 0 aromatic heterocycles. The molecule has 0 fully saturated rings. The van der Waals surface area contributed by atoms with Crippen LogP contribution in [0.4, 0.5) is 14.5 Å². The quantitative estimate of drug-likeness (QED) is 0.778. The molecule has 0 aliphatic carbocycles. The zero-order chi connectivity index (χ0) is 17.0. The van der Waals surface area contributed by atoms with Gasteiger partial charge in [-0.1, -0.05) is 27.5 Å². The lowest BCUT2D eigenvalue weighted by Crippen LogP contribution is -2.21. The van der Waals surface area contributed by atoms with Crippen LogP contribution in [0.5, 0.6) is 0 Å². The number of anilines is 1. The maximum absolute atomic E-state index is 13.6. The smallest absolute Gasteiger partial charge is 0.340 e. The fraction of sp³-hybridized carbons (Fsp3) is 0.0667. The third-order valence-electron chi connectivity index (χ3n) is 2.69. The van der Waals surface area contributed by atoms with Crippen molar-refractivity contribution < 1.29 is 23.1 Å². The average molecular weight is 405 g/mol. The number of halogens is 4. The molecule has 8 heteroatoms. The summed E-state index contributed by atoms with van der Waals surface area (Å²) in [6.07, 6.45) is 0. The molecule has 120 valence electrons. The van der Waals surface area contributed by atoms with Crippen molar-refractivity contribution in [2.75, 3.05) is 11.9 Å². The van der Waals surface area contributed by atoms with Crippen molar-refractivity contribution in [2.45, 2.75) is 0 Å². The molecule has 0 saturated heterocycles. The molecule has 1 amide bonds. The molecule has 2 aromatic rings. The number of amides is 1. The molecular formula is C15H9BrClF2NO3. The third kappa shape index (κ3) is 4.74. The van der Waals surface area contributed by atoms with Gasteiger partial charge in [0.1, 0.15) is 11.6 Å². The molecule has 0 aliphatic heterocycles. The summed E-state index contributed by atoms with van der Waals surface area (Å²) >= 11 is 8.80. The first-order chi connectivity index (χ1) is 10.9. The monoisotopic (exact) mass is 403 g/mol. The van der Waals surface area contributed by atoms with Crippen LogP contribution in [0.2, 0.25) is 5.02 Å². The minimum atomic E-state index is -0.888. The second kappa shape index (κ2) is 7.52. The molecule has 0 spiro atoms. The summed E-state index contributed by atoms with van der Waals surface area (Å²) in [6.45, 7) is -0.637. The van der Waals surface area contributed by atoms with E-state index in [1.807, 2.05) is 0 Å². The van der Waals surface area contributed by atoms with Gasteiger partial charge in [0.2, 0.25) is 0 Å². The number of rotatable bonds is 4. The number of esters is 1. The SMILES string of the molecule is O=C(COC(=O)c1ccc(F)cc1Cl)Nc1ccc(Br)cc1F. The van der Waals surface area contributed by atoms with Crippen molar-refractivity contribution in [2.24, 2.45) is 0 Å². The highest BCUT2D eigenvalue weighted by atomic mass is 79.9. The molecule has 0 unspecified atom stereocenters. The van der Waals surface area contributed by atoms with Crippen molar-refractivity contribution in [1.82, 2.24) is 0 Å². The van der Waals surface area contributed by atoms with Crippen LogP contribution in [0, 0.1) is 11.6 Å². The molecule has 0 atom stereocenters. The van der Waals surface area contributed by atoms with Crippen molar-refractivity contribution in [3.8, 4) is 0 Å². The second-order valence-electron chi connectivity index (χ2n) is 4.37. The summed E-state index contributed by atoms with van der Waals surface area (Å²) in [5.41, 5.74) is -0.121. The molecule has 0 aliphatic rings. The van der Waals surface area contributed by atoms with Crippen LogP contribution in [-0.2, 0) is 9.53 Å². The van der Waals surface area contributed by atoms with E-state index in [0.29, 0.717) is 4.47 Å². The van der Waals surface area contributed by atoms with Gasteiger partial charge in [0, 0.05) is 4.47 Å². The summed E-state index contributed by atoms with van der Waals surface area (Å²) in [4.78, 5) is 23.4. The fourth-order valence-electron chi connectivity index (χ4n) is 1.64. The van der Waals surface area contributed by atoms with E-state index in [1.54, 1.807) is 6.07 Å². The van der Waals surface area contributed by atoms with E-state index in [4.69, 9.17) is 16.3 Å². The minimum Gasteiger partial charge on any atom is -0.452 e. The highest BCUT2D eigenvalue weighted by Crippen LogP contribution is 2.20. The first-order valence-electron chi connectivity index (χ1n) is 6.24. The molecule has 0 radical (unpaired) electrons. The summed E-state index contributed by atoms with van der Waals surface area (Å²) in [7, 11) is 0. The number of benzene rings is 2. The van der Waals surface area contributed by atoms with E-state index >= 15 is 0 Å². The van der Waals surface area contributed by atoms with Crippen LogP contribution in [0.25, 0.3) is 0 Å². The highest BCUT2D eigenvalue weighted by molar-refractivity contribution is 9.10. The largest absolute Gasteiger partial charge is 0.452 e. The van der Waals surface area contributed by atoms with Gasteiger partial charge in [0.25, 0.3) is 5.91 Å². The van der Waals surface area contributed by atoms with E-state index < -0.39 is 30.1 Å². The van der Waals surface area contributed by atoms with Crippen LogP contribution >= 0.6 is 27.5 Å². The standard InChI is InChI=1S/C15H9BrClF2NO3/c16-8-1-4-13(12(19)5-8)20-14(21)7-23-15(22)10-3-2-9(18)6-11(10)17/h1-6H,7H2,(H,20,21). The van der Waals surface area contributed by atoms with E-state index in [0.717, 1.165) is 18.2 Å². The lowest BCUT2D eigenvalue weighted by molar-refractivity contribution is -0.119. The predicted molar refractivity (Wildman–Crippen MR) is 84.4 cm³/mol. The van der Waals surface area contributed by atoms with Gasteiger partial charge in [0.15, 0.2) is 6.61 Å². The Morgan fingerprint density at radius 2 is 1.91 bits per heavy atom.